The molecule has 3 aromatic rings. The highest BCUT2D eigenvalue weighted by Gasteiger charge is 2.12. The van der Waals surface area contributed by atoms with E-state index in [-0.39, 0.29) is 25.2 Å². The fourth-order valence-corrected chi connectivity index (χ4v) is 4.56. The summed E-state index contributed by atoms with van der Waals surface area (Å²) in [6, 6.07) is 22.4. The molecular weight excluding hydrogens is 524 g/mol. The van der Waals surface area contributed by atoms with E-state index in [4.69, 9.17) is 13.8 Å². The summed E-state index contributed by atoms with van der Waals surface area (Å²) in [5.74, 6) is 12.2. The van der Waals surface area contributed by atoms with Crippen LogP contribution in [0.25, 0.3) is 0 Å². The number of aryl methyl sites for hydroxylation is 1. The Kier molecular flexibility index (Phi) is 10.5. The summed E-state index contributed by atoms with van der Waals surface area (Å²) in [6.07, 6.45) is 1.37. The first-order chi connectivity index (χ1) is 18.1. The van der Waals surface area contributed by atoms with Crippen LogP contribution in [0, 0.1) is 23.7 Å². The molecule has 0 aliphatic rings. The van der Waals surface area contributed by atoms with E-state index in [0.717, 1.165) is 16.7 Å². The van der Waals surface area contributed by atoms with Gasteiger partial charge in [0.05, 0.1) is 23.7 Å². The normalized spacial score (nSPS) is 11.1. The molecule has 0 amide bonds. The van der Waals surface area contributed by atoms with Gasteiger partial charge in [-0.2, -0.15) is 16.8 Å². The third-order valence-corrected chi connectivity index (χ3v) is 6.95. The molecule has 0 fully saturated rings. The fourth-order valence-electron chi connectivity index (χ4n) is 3.51. The van der Waals surface area contributed by atoms with Crippen LogP contribution in [0.3, 0.4) is 0 Å². The number of unbranched alkanes of at least 4 members (excludes halogenated alkanes) is 1. The predicted octanol–water partition coefficient (Wildman–Crippen LogP) is 4.35. The van der Waals surface area contributed by atoms with Crippen LogP contribution >= 0.6 is 0 Å². The lowest BCUT2D eigenvalue weighted by Gasteiger charge is -2.13. The lowest BCUT2D eigenvalue weighted by atomic mass is 9.98. The summed E-state index contributed by atoms with van der Waals surface area (Å²) >= 11 is 0. The Bertz CT molecular complexity index is 1440. The van der Waals surface area contributed by atoms with Gasteiger partial charge in [0.1, 0.15) is 5.75 Å². The molecule has 9 heteroatoms. The van der Waals surface area contributed by atoms with Gasteiger partial charge in [-0.05, 0) is 67.6 Å². The third kappa shape index (κ3) is 10.8. The van der Waals surface area contributed by atoms with Crippen LogP contribution in [-0.4, -0.2) is 44.1 Å². The van der Waals surface area contributed by atoms with Crippen LogP contribution in [-0.2, 0) is 26.7 Å². The zero-order valence-electron chi connectivity index (χ0n) is 20.6. The molecule has 0 unspecified atom stereocenters. The molecule has 0 atom stereocenters. The Hall–Kier alpha value is -3.60. The summed E-state index contributed by atoms with van der Waals surface area (Å²) < 4.78 is 68.3. The topological polar surface area (TPSA) is 118 Å². The maximum Gasteiger partial charge on any atom is 0.264 e. The van der Waals surface area contributed by atoms with Gasteiger partial charge in [-0.15, -0.1) is 0 Å². The molecule has 2 N–H and O–H groups in total. The lowest BCUT2D eigenvalue weighted by Crippen LogP contribution is -2.09. The largest absolute Gasteiger partial charge is 0.492 e. The van der Waals surface area contributed by atoms with Crippen molar-refractivity contribution in [3.05, 3.63) is 101 Å². The Balaban J connectivity index is 1.98. The average Bonchev–Trinajstić information content (AvgIpc) is 2.87. The average molecular weight is 553 g/mol. The van der Waals surface area contributed by atoms with E-state index < -0.39 is 26.0 Å². The minimum absolute atomic E-state index is 0.0407. The summed E-state index contributed by atoms with van der Waals surface area (Å²) in [4.78, 5) is 0. The maximum atomic E-state index is 11.1. The second kappa shape index (κ2) is 13.8. The molecule has 0 saturated carbocycles. The van der Waals surface area contributed by atoms with E-state index >= 15 is 0 Å². The van der Waals surface area contributed by atoms with Crippen molar-refractivity contribution >= 4 is 20.2 Å². The van der Waals surface area contributed by atoms with Crippen LogP contribution < -0.4 is 4.74 Å². The highest BCUT2D eigenvalue weighted by molar-refractivity contribution is 7.86. The highest BCUT2D eigenvalue weighted by atomic mass is 32.2. The van der Waals surface area contributed by atoms with Crippen molar-refractivity contribution in [2.45, 2.75) is 25.7 Å². The van der Waals surface area contributed by atoms with Crippen LogP contribution in [0.5, 0.6) is 5.75 Å². The van der Waals surface area contributed by atoms with Gasteiger partial charge in [0.25, 0.3) is 20.2 Å². The Morgan fingerprint density at radius 1 is 0.632 bits per heavy atom. The molecule has 3 rings (SSSR count). The van der Waals surface area contributed by atoms with Crippen molar-refractivity contribution < 1.29 is 30.7 Å². The molecule has 0 saturated heterocycles. The lowest BCUT2D eigenvalue weighted by molar-refractivity contribution is 0.315. The molecule has 0 heterocycles. The van der Waals surface area contributed by atoms with Gasteiger partial charge >= 0.3 is 0 Å². The van der Waals surface area contributed by atoms with Gasteiger partial charge in [0.15, 0.2) is 0 Å². The van der Waals surface area contributed by atoms with Gasteiger partial charge in [-0.1, -0.05) is 60.1 Å². The molecule has 7 nitrogen and oxygen atoms in total. The van der Waals surface area contributed by atoms with Crippen molar-refractivity contribution in [3.63, 3.8) is 0 Å². The molecule has 0 radical (unpaired) electrons. The van der Waals surface area contributed by atoms with Gasteiger partial charge in [0.2, 0.25) is 0 Å². The van der Waals surface area contributed by atoms with Crippen LogP contribution in [0.1, 0.15) is 47.1 Å². The molecule has 0 aromatic heterocycles. The minimum Gasteiger partial charge on any atom is -0.492 e. The number of hydrogen-bond acceptors (Lipinski definition) is 5. The Morgan fingerprint density at radius 2 is 1.16 bits per heavy atom. The summed E-state index contributed by atoms with van der Waals surface area (Å²) in [5, 5.41) is 0. The predicted molar refractivity (Wildman–Crippen MR) is 147 cm³/mol. The Labute approximate surface area is 224 Å². The quantitative estimate of drug-likeness (QED) is 0.218. The number of ether oxygens (including phenoxy) is 1. The second-order valence-corrected chi connectivity index (χ2v) is 11.6. The second-order valence-electron chi connectivity index (χ2n) is 8.47. The van der Waals surface area contributed by atoms with Gasteiger partial charge in [-0.3, -0.25) is 9.11 Å². The van der Waals surface area contributed by atoms with Gasteiger partial charge in [0, 0.05) is 16.7 Å². The van der Waals surface area contributed by atoms with E-state index in [1.807, 2.05) is 66.7 Å². The van der Waals surface area contributed by atoms with E-state index in [9.17, 15) is 16.8 Å². The van der Waals surface area contributed by atoms with Crippen LogP contribution in [0.15, 0.2) is 72.8 Å². The van der Waals surface area contributed by atoms with Crippen molar-refractivity contribution in [3.8, 4) is 29.4 Å². The van der Waals surface area contributed by atoms with Gasteiger partial charge in [-0.25, -0.2) is 0 Å². The van der Waals surface area contributed by atoms with Crippen molar-refractivity contribution in [2.75, 3.05) is 18.1 Å². The minimum atomic E-state index is -4.10. The van der Waals surface area contributed by atoms with Gasteiger partial charge < -0.3 is 4.74 Å². The number of rotatable bonds is 10. The zero-order valence-corrected chi connectivity index (χ0v) is 22.3. The van der Waals surface area contributed by atoms with Crippen molar-refractivity contribution in [1.29, 1.82) is 0 Å². The number of benzene rings is 3. The first kappa shape index (κ1) is 29.0. The molecule has 0 aliphatic heterocycles. The smallest absolute Gasteiger partial charge is 0.264 e. The van der Waals surface area contributed by atoms with Crippen molar-refractivity contribution in [1.82, 2.24) is 0 Å². The molecule has 0 aliphatic carbocycles. The molecule has 38 heavy (non-hydrogen) atoms. The molecule has 3 aromatic carbocycles. The van der Waals surface area contributed by atoms with E-state index in [1.54, 1.807) is 6.07 Å². The summed E-state index contributed by atoms with van der Waals surface area (Å²) in [7, 11) is -8.15. The highest BCUT2D eigenvalue weighted by Crippen LogP contribution is 2.25. The third-order valence-electron chi connectivity index (χ3n) is 5.34. The monoisotopic (exact) mass is 552 g/mol. The van der Waals surface area contributed by atoms with Crippen LogP contribution in [0.4, 0.5) is 0 Å². The summed E-state index contributed by atoms with van der Waals surface area (Å²) in [5.41, 5.74) is 3.68. The molecule has 198 valence electrons. The number of hydrogen-bond donors (Lipinski definition) is 2. The maximum absolute atomic E-state index is 11.1. The van der Waals surface area contributed by atoms with Crippen molar-refractivity contribution in [2.24, 2.45) is 0 Å². The summed E-state index contributed by atoms with van der Waals surface area (Å²) in [6.45, 7) is 0.0407. The standard InChI is InChI=1S/C29H28O7S2/c30-37(31,32)20-8-7-14-26-22-28(18-16-25-12-5-2-6-13-25)29(36-19-9-21-38(33,34)35)23-27(26)17-15-24-10-3-1-4-11-24/h1-6,10-13,22-23H,7-9,14,19-21H2,(H,30,31,32)(H,33,34,35). The fraction of sp³-hybridized carbons (Fsp3) is 0.241. The van der Waals surface area contributed by atoms with E-state index in [2.05, 4.69) is 23.7 Å². The first-order valence-electron chi connectivity index (χ1n) is 11.9. The van der Waals surface area contributed by atoms with E-state index in [1.165, 1.54) is 0 Å². The Morgan fingerprint density at radius 3 is 1.71 bits per heavy atom. The molecule has 0 bridgehead atoms. The molecular formula is C29H28O7S2. The molecule has 0 spiro atoms. The zero-order chi connectivity index (χ0) is 27.4. The van der Waals surface area contributed by atoms with E-state index in [0.29, 0.717) is 29.7 Å². The first-order valence-corrected chi connectivity index (χ1v) is 15.1. The SMILES string of the molecule is O=S(=O)(O)CCCCc1cc(C#Cc2ccccc2)c(OCCCS(=O)(=O)O)cc1C#Cc1ccccc1. The van der Waals surface area contributed by atoms with Crippen LogP contribution in [0.2, 0.25) is 0 Å².